The second kappa shape index (κ2) is 9.60. The lowest BCUT2D eigenvalue weighted by atomic mass is 9.46. The number of Topliss-reactive ketones (excluding diaryl/α,β-unsaturated/α-hetero) is 1. The lowest BCUT2D eigenvalue weighted by Crippen LogP contribution is -2.63. The van der Waals surface area contributed by atoms with E-state index in [0.717, 1.165) is 52.2 Å². The van der Waals surface area contributed by atoms with Crippen molar-refractivity contribution in [2.75, 3.05) is 5.75 Å². The molecular weight excluding hydrogens is 542 g/mol. The van der Waals surface area contributed by atoms with Crippen LogP contribution in [0, 0.1) is 28.6 Å². The van der Waals surface area contributed by atoms with Gasteiger partial charge in [-0.05, 0) is 68.2 Å². The topological polar surface area (TPSA) is 85.7 Å². The first-order chi connectivity index (χ1) is 19.2. The molecule has 0 bridgehead atoms. The van der Waals surface area contributed by atoms with E-state index in [1.807, 2.05) is 24.3 Å². The van der Waals surface area contributed by atoms with Crippen molar-refractivity contribution in [3.05, 3.63) is 48.1 Å². The Hall–Kier alpha value is -1.84. The third kappa shape index (κ3) is 3.75. The van der Waals surface area contributed by atoms with Crippen molar-refractivity contribution in [1.29, 1.82) is 0 Å². The Morgan fingerprint density at radius 2 is 2.10 bits per heavy atom. The summed E-state index contributed by atoms with van der Waals surface area (Å²) < 4.78 is 15.3. The average Bonchev–Trinajstić information content (AvgIpc) is 3.57. The summed E-state index contributed by atoms with van der Waals surface area (Å²) in [6.07, 6.45) is 8.81. The number of nitrogens with zero attached hydrogens (tertiary/aromatic N) is 1. The monoisotopic (exact) mass is 579 g/mol. The predicted molar refractivity (Wildman–Crippen MR) is 156 cm³/mol. The molecule has 4 aliphatic carbocycles. The van der Waals surface area contributed by atoms with Crippen LogP contribution in [0.3, 0.4) is 0 Å². The molecule has 1 aromatic carbocycles. The van der Waals surface area contributed by atoms with Crippen LogP contribution < -0.4 is 0 Å². The molecular formula is C32H37NO5S2. The molecule has 9 atom stereocenters. The molecule has 7 rings (SSSR count). The minimum Gasteiger partial charge on any atom is -0.393 e. The highest BCUT2D eigenvalue weighted by Crippen LogP contribution is 2.69. The fourth-order valence-electron chi connectivity index (χ4n) is 9.15. The van der Waals surface area contributed by atoms with Crippen LogP contribution in [0.2, 0.25) is 0 Å². The molecule has 212 valence electrons. The SMILES string of the molecule is CCCC1O[C@@H]2CC3C4CCC5=CC(=O)C=CC5(C)C4[C@@H](O)CC3(C)[C@]2(C(=O)CSc2nc3ccccc3s2)O1. The van der Waals surface area contributed by atoms with Crippen molar-refractivity contribution in [2.45, 2.75) is 87.7 Å². The molecule has 0 spiro atoms. The molecule has 5 aliphatic rings. The van der Waals surface area contributed by atoms with Crippen molar-refractivity contribution in [3.8, 4) is 0 Å². The van der Waals surface area contributed by atoms with Gasteiger partial charge < -0.3 is 14.6 Å². The maximum atomic E-state index is 14.5. The van der Waals surface area contributed by atoms with Crippen molar-refractivity contribution in [1.82, 2.24) is 4.98 Å². The number of ketones is 2. The number of para-hydroxylation sites is 1. The number of allylic oxidation sites excluding steroid dienone is 4. The number of ether oxygens (including phenoxy) is 2. The number of aromatic nitrogens is 1. The second-order valence-electron chi connectivity index (χ2n) is 12.8. The Bertz CT molecular complexity index is 1400. The van der Waals surface area contributed by atoms with Gasteiger partial charge in [0.1, 0.15) is 0 Å². The first-order valence-corrected chi connectivity index (χ1v) is 16.5. The van der Waals surface area contributed by atoms with Crippen molar-refractivity contribution < 1.29 is 24.2 Å². The zero-order valence-electron chi connectivity index (χ0n) is 23.3. The molecule has 3 saturated carbocycles. The van der Waals surface area contributed by atoms with Gasteiger partial charge in [-0.15, -0.1) is 11.3 Å². The first kappa shape index (κ1) is 27.0. The van der Waals surface area contributed by atoms with Gasteiger partial charge in [0.25, 0.3) is 0 Å². The van der Waals surface area contributed by atoms with E-state index in [4.69, 9.17) is 14.5 Å². The third-order valence-corrected chi connectivity index (χ3v) is 13.0. The summed E-state index contributed by atoms with van der Waals surface area (Å²) in [6.45, 7) is 6.47. The number of rotatable bonds is 6. The number of fused-ring (bicyclic) bond motifs is 8. The normalized spacial score (nSPS) is 41.8. The highest BCUT2D eigenvalue weighted by atomic mass is 32.2. The molecule has 2 aromatic rings. The minimum atomic E-state index is -1.08. The maximum absolute atomic E-state index is 14.5. The molecule has 6 unspecified atom stereocenters. The van der Waals surface area contributed by atoms with Gasteiger partial charge in [0, 0.05) is 16.7 Å². The lowest BCUT2D eigenvalue weighted by molar-refractivity contribution is -0.197. The van der Waals surface area contributed by atoms with Crippen LogP contribution in [0.15, 0.2) is 52.4 Å². The Balaban J connectivity index is 1.22. The highest BCUT2D eigenvalue weighted by molar-refractivity contribution is 8.01. The Morgan fingerprint density at radius 3 is 2.90 bits per heavy atom. The smallest absolute Gasteiger partial charge is 0.178 e. The fourth-order valence-corrected chi connectivity index (χ4v) is 11.2. The van der Waals surface area contributed by atoms with Crippen LogP contribution in [-0.2, 0) is 19.1 Å². The van der Waals surface area contributed by atoms with Gasteiger partial charge in [0.2, 0.25) is 0 Å². The maximum Gasteiger partial charge on any atom is 0.178 e. The molecule has 1 N–H and O–H groups in total. The Kier molecular flexibility index (Phi) is 6.48. The second-order valence-corrected chi connectivity index (χ2v) is 15.1. The molecule has 1 saturated heterocycles. The molecule has 0 amide bonds. The van der Waals surface area contributed by atoms with Crippen molar-refractivity contribution >= 4 is 44.9 Å². The van der Waals surface area contributed by atoms with Gasteiger partial charge in [-0.2, -0.15) is 0 Å². The molecule has 0 radical (unpaired) electrons. The van der Waals surface area contributed by atoms with Gasteiger partial charge in [0.15, 0.2) is 27.8 Å². The van der Waals surface area contributed by atoms with Gasteiger partial charge in [0.05, 0.1) is 28.2 Å². The number of aliphatic hydroxyl groups is 1. The number of thioether (sulfide) groups is 1. The zero-order valence-corrected chi connectivity index (χ0v) is 24.9. The van der Waals surface area contributed by atoms with Crippen LogP contribution in [-0.4, -0.2) is 51.5 Å². The zero-order chi connectivity index (χ0) is 27.9. The van der Waals surface area contributed by atoms with E-state index in [0.29, 0.717) is 6.42 Å². The Labute approximate surface area is 243 Å². The van der Waals surface area contributed by atoms with E-state index < -0.39 is 23.4 Å². The summed E-state index contributed by atoms with van der Waals surface area (Å²) in [5.74, 6) is 0.772. The van der Waals surface area contributed by atoms with Gasteiger partial charge in [-0.3, -0.25) is 9.59 Å². The standard InChI is InChI=1S/C32H37NO5S2/c1-4-7-27-37-26-15-21-20-11-10-18-14-19(34)12-13-30(18,2)28(20)23(35)16-31(21,3)32(26,38-27)25(36)17-39-29-33-22-8-5-6-9-24(22)40-29/h5-6,8-9,12-14,20-21,23,26-28,35H,4,7,10-11,15-17H2,1-3H3/t20?,21?,23-,26+,27?,28?,30?,31?,32+/m0/s1. The average molecular weight is 580 g/mol. The molecule has 8 heteroatoms. The van der Waals surface area contributed by atoms with Gasteiger partial charge in [-0.1, -0.05) is 62.7 Å². The number of carbonyl (C=O) groups is 2. The van der Waals surface area contributed by atoms with E-state index in [1.54, 1.807) is 23.5 Å². The number of aliphatic hydroxyl groups excluding tert-OH is 1. The van der Waals surface area contributed by atoms with E-state index >= 15 is 0 Å². The van der Waals surface area contributed by atoms with Gasteiger partial charge >= 0.3 is 0 Å². The quantitative estimate of drug-likeness (QED) is 0.412. The largest absolute Gasteiger partial charge is 0.393 e. The van der Waals surface area contributed by atoms with E-state index in [1.165, 1.54) is 11.8 Å². The molecule has 1 aliphatic heterocycles. The van der Waals surface area contributed by atoms with Crippen LogP contribution in [0.25, 0.3) is 10.2 Å². The summed E-state index contributed by atoms with van der Waals surface area (Å²) in [4.78, 5) is 31.4. The number of hydrogen-bond donors (Lipinski definition) is 1. The third-order valence-electron chi connectivity index (χ3n) is 10.8. The predicted octanol–water partition coefficient (Wildman–Crippen LogP) is 6.13. The summed E-state index contributed by atoms with van der Waals surface area (Å²) in [7, 11) is 0. The molecule has 2 heterocycles. The van der Waals surface area contributed by atoms with E-state index in [9.17, 15) is 14.7 Å². The summed E-state index contributed by atoms with van der Waals surface area (Å²) in [6, 6.07) is 8.05. The highest BCUT2D eigenvalue weighted by Gasteiger charge is 2.75. The summed E-state index contributed by atoms with van der Waals surface area (Å²) >= 11 is 3.10. The fraction of sp³-hybridized carbons (Fsp3) is 0.594. The molecule has 6 nitrogen and oxygen atoms in total. The lowest BCUT2D eigenvalue weighted by Gasteiger charge is -2.59. The number of thiazole rings is 1. The van der Waals surface area contributed by atoms with Crippen LogP contribution in [0.4, 0.5) is 0 Å². The van der Waals surface area contributed by atoms with Crippen molar-refractivity contribution in [3.63, 3.8) is 0 Å². The summed E-state index contributed by atoms with van der Waals surface area (Å²) in [5.41, 5.74) is 0.117. The van der Waals surface area contributed by atoms with Crippen LogP contribution in [0.1, 0.15) is 59.3 Å². The van der Waals surface area contributed by atoms with Crippen molar-refractivity contribution in [2.24, 2.45) is 28.6 Å². The summed E-state index contributed by atoms with van der Waals surface area (Å²) in [5, 5.41) is 11.9. The molecule has 40 heavy (non-hydrogen) atoms. The van der Waals surface area contributed by atoms with Gasteiger partial charge in [-0.25, -0.2) is 4.98 Å². The number of carbonyl (C=O) groups excluding carboxylic acids is 2. The number of hydrogen-bond acceptors (Lipinski definition) is 8. The van der Waals surface area contributed by atoms with Crippen LogP contribution >= 0.6 is 23.1 Å². The van der Waals surface area contributed by atoms with E-state index in [2.05, 4.69) is 26.8 Å². The first-order valence-electron chi connectivity index (χ1n) is 14.7. The number of benzene rings is 1. The molecule has 1 aromatic heterocycles. The minimum absolute atomic E-state index is 0.00413. The van der Waals surface area contributed by atoms with E-state index in [-0.39, 0.29) is 46.6 Å². The Morgan fingerprint density at radius 1 is 1.27 bits per heavy atom. The van der Waals surface area contributed by atoms with Crippen LogP contribution in [0.5, 0.6) is 0 Å². The molecule has 4 fully saturated rings.